The summed E-state index contributed by atoms with van der Waals surface area (Å²) in [5, 5.41) is 18.1. The average Bonchev–Trinajstić information content (AvgIpc) is 2.27. The van der Waals surface area contributed by atoms with Gasteiger partial charge in [-0.3, -0.25) is 4.79 Å². The van der Waals surface area contributed by atoms with Crippen LogP contribution >= 0.6 is 0 Å². The summed E-state index contributed by atoms with van der Waals surface area (Å²) in [5.74, 6) is -0.698. The third kappa shape index (κ3) is 3.74. The normalized spacial score (nSPS) is 29.6. The molecule has 1 aliphatic rings. The number of aliphatic hydroxyl groups excluding tert-OH is 1. The van der Waals surface area contributed by atoms with E-state index in [2.05, 4.69) is 0 Å². The maximum Gasteiger partial charge on any atom is 0.303 e. The van der Waals surface area contributed by atoms with Gasteiger partial charge in [-0.25, -0.2) is 0 Å². The van der Waals surface area contributed by atoms with E-state index in [1.807, 2.05) is 0 Å². The molecule has 0 aliphatic carbocycles. The van der Waals surface area contributed by atoms with Gasteiger partial charge in [0.05, 0.1) is 6.10 Å². The molecule has 1 aliphatic heterocycles. The Balaban J connectivity index is 2.31. The summed E-state index contributed by atoms with van der Waals surface area (Å²) in [4.78, 5) is 10.3. The van der Waals surface area contributed by atoms with Crippen LogP contribution in [0.25, 0.3) is 0 Å². The molecule has 2 atom stereocenters. The van der Waals surface area contributed by atoms with Crippen LogP contribution < -0.4 is 0 Å². The van der Waals surface area contributed by atoms with Gasteiger partial charge in [-0.05, 0) is 25.2 Å². The zero-order chi connectivity index (χ0) is 9.68. The molecule has 0 radical (unpaired) electrons. The first-order chi connectivity index (χ1) is 6.20. The van der Waals surface area contributed by atoms with Crippen LogP contribution in [0.4, 0.5) is 0 Å². The molecule has 1 rings (SSSR count). The molecule has 0 spiro atoms. The maximum atomic E-state index is 10.3. The van der Waals surface area contributed by atoms with Gasteiger partial charge in [-0.1, -0.05) is 0 Å². The highest BCUT2D eigenvalue weighted by molar-refractivity contribution is 5.66. The summed E-state index contributed by atoms with van der Waals surface area (Å²) >= 11 is 0. The van der Waals surface area contributed by atoms with Crippen molar-refractivity contribution >= 4 is 5.97 Å². The maximum absolute atomic E-state index is 10.3. The Morgan fingerprint density at radius 1 is 1.38 bits per heavy atom. The summed E-state index contributed by atoms with van der Waals surface area (Å²) in [6.07, 6.45) is 1.71. The second-order valence-electron chi connectivity index (χ2n) is 3.45. The molecule has 0 aromatic carbocycles. The molecule has 13 heavy (non-hydrogen) atoms. The lowest BCUT2D eigenvalue weighted by Gasteiger charge is -2.17. The predicted octanol–water partition coefficient (Wildman–Crippen LogP) is 0.639. The number of hydrogen-bond donors (Lipinski definition) is 2. The van der Waals surface area contributed by atoms with Crippen molar-refractivity contribution in [3.05, 3.63) is 0 Å². The van der Waals surface area contributed by atoms with Crippen molar-refractivity contribution in [3.8, 4) is 0 Å². The molecule has 4 heteroatoms. The molecule has 2 unspecified atom stereocenters. The fourth-order valence-corrected chi connectivity index (χ4v) is 1.61. The van der Waals surface area contributed by atoms with Gasteiger partial charge in [-0.2, -0.15) is 0 Å². The second kappa shape index (κ2) is 5.19. The third-order valence-electron chi connectivity index (χ3n) is 2.46. The number of rotatable bonds is 3. The van der Waals surface area contributed by atoms with Gasteiger partial charge in [0, 0.05) is 19.6 Å². The van der Waals surface area contributed by atoms with Crippen molar-refractivity contribution in [1.82, 2.24) is 0 Å². The molecule has 0 saturated carbocycles. The fourth-order valence-electron chi connectivity index (χ4n) is 1.61. The lowest BCUT2D eigenvalue weighted by Crippen LogP contribution is -2.20. The molecule has 1 fully saturated rings. The Labute approximate surface area is 77.5 Å². The minimum atomic E-state index is -0.794. The van der Waals surface area contributed by atoms with E-state index in [0.717, 1.165) is 6.42 Å². The molecule has 2 N–H and O–H groups in total. The van der Waals surface area contributed by atoms with E-state index in [1.54, 1.807) is 0 Å². The Kier molecular flexibility index (Phi) is 4.18. The zero-order valence-corrected chi connectivity index (χ0v) is 7.61. The second-order valence-corrected chi connectivity index (χ2v) is 3.45. The Hall–Kier alpha value is -0.610. The SMILES string of the molecule is O=C(O)CCC1CCOCCC1O. The van der Waals surface area contributed by atoms with Gasteiger partial charge in [-0.15, -0.1) is 0 Å². The molecule has 0 aromatic heterocycles. The third-order valence-corrected chi connectivity index (χ3v) is 2.46. The molecule has 0 amide bonds. The van der Waals surface area contributed by atoms with Crippen LogP contribution in [0.15, 0.2) is 0 Å². The van der Waals surface area contributed by atoms with Gasteiger partial charge >= 0.3 is 5.97 Å². The van der Waals surface area contributed by atoms with E-state index in [4.69, 9.17) is 9.84 Å². The standard InChI is InChI=1S/C9H16O4/c10-8-4-6-13-5-3-7(8)1-2-9(11)12/h7-8,10H,1-6H2,(H,11,12). The summed E-state index contributed by atoms with van der Waals surface area (Å²) < 4.78 is 5.19. The van der Waals surface area contributed by atoms with E-state index in [-0.39, 0.29) is 18.4 Å². The monoisotopic (exact) mass is 188 g/mol. The van der Waals surface area contributed by atoms with E-state index >= 15 is 0 Å². The number of carboxylic acid groups (broad SMARTS) is 1. The van der Waals surface area contributed by atoms with Crippen LogP contribution in [-0.2, 0) is 9.53 Å². The Morgan fingerprint density at radius 2 is 2.08 bits per heavy atom. The van der Waals surface area contributed by atoms with Crippen molar-refractivity contribution in [3.63, 3.8) is 0 Å². The first-order valence-corrected chi connectivity index (χ1v) is 4.67. The van der Waals surface area contributed by atoms with Crippen LogP contribution in [0.1, 0.15) is 25.7 Å². The summed E-state index contributed by atoms with van der Waals surface area (Å²) in [5.41, 5.74) is 0. The highest BCUT2D eigenvalue weighted by Gasteiger charge is 2.22. The van der Waals surface area contributed by atoms with Gasteiger partial charge in [0.2, 0.25) is 0 Å². The fraction of sp³-hybridized carbons (Fsp3) is 0.889. The Bertz CT molecular complexity index is 169. The molecular weight excluding hydrogens is 172 g/mol. The minimum absolute atomic E-state index is 0.0959. The number of hydrogen-bond acceptors (Lipinski definition) is 3. The molecule has 1 heterocycles. The number of carbonyl (C=O) groups is 1. The lowest BCUT2D eigenvalue weighted by atomic mass is 9.93. The molecule has 4 nitrogen and oxygen atoms in total. The van der Waals surface area contributed by atoms with Crippen LogP contribution in [-0.4, -0.2) is 35.5 Å². The van der Waals surface area contributed by atoms with Crippen LogP contribution in [0.5, 0.6) is 0 Å². The number of ether oxygens (including phenoxy) is 1. The van der Waals surface area contributed by atoms with Gasteiger partial charge in [0.1, 0.15) is 0 Å². The first-order valence-electron chi connectivity index (χ1n) is 4.67. The lowest BCUT2D eigenvalue weighted by molar-refractivity contribution is -0.137. The molecule has 76 valence electrons. The molecule has 0 bridgehead atoms. The van der Waals surface area contributed by atoms with E-state index in [1.165, 1.54) is 0 Å². The number of aliphatic carboxylic acids is 1. The van der Waals surface area contributed by atoms with E-state index in [9.17, 15) is 9.90 Å². The van der Waals surface area contributed by atoms with Crippen molar-refractivity contribution < 1.29 is 19.7 Å². The van der Waals surface area contributed by atoms with Crippen molar-refractivity contribution in [2.45, 2.75) is 31.8 Å². The average molecular weight is 188 g/mol. The smallest absolute Gasteiger partial charge is 0.303 e. The van der Waals surface area contributed by atoms with Gasteiger partial charge in [0.15, 0.2) is 0 Å². The van der Waals surface area contributed by atoms with Crippen molar-refractivity contribution in [2.24, 2.45) is 5.92 Å². The van der Waals surface area contributed by atoms with Crippen LogP contribution in [0, 0.1) is 5.92 Å². The topological polar surface area (TPSA) is 66.8 Å². The summed E-state index contributed by atoms with van der Waals surface area (Å²) in [6, 6.07) is 0. The molecule has 1 saturated heterocycles. The van der Waals surface area contributed by atoms with E-state index in [0.29, 0.717) is 26.1 Å². The van der Waals surface area contributed by atoms with Gasteiger partial charge < -0.3 is 14.9 Å². The van der Waals surface area contributed by atoms with Crippen molar-refractivity contribution in [1.29, 1.82) is 0 Å². The quantitative estimate of drug-likeness (QED) is 0.682. The van der Waals surface area contributed by atoms with Crippen LogP contribution in [0.2, 0.25) is 0 Å². The van der Waals surface area contributed by atoms with Gasteiger partial charge in [0.25, 0.3) is 0 Å². The molecular formula is C9H16O4. The van der Waals surface area contributed by atoms with Crippen LogP contribution in [0.3, 0.4) is 0 Å². The highest BCUT2D eigenvalue weighted by atomic mass is 16.5. The number of carboxylic acids is 1. The predicted molar refractivity (Wildman–Crippen MR) is 46.4 cm³/mol. The highest BCUT2D eigenvalue weighted by Crippen LogP contribution is 2.21. The largest absolute Gasteiger partial charge is 0.481 e. The zero-order valence-electron chi connectivity index (χ0n) is 7.61. The van der Waals surface area contributed by atoms with Crippen molar-refractivity contribution in [2.75, 3.05) is 13.2 Å². The number of aliphatic hydroxyl groups is 1. The first kappa shape index (κ1) is 10.5. The molecule has 0 aromatic rings. The van der Waals surface area contributed by atoms with E-state index < -0.39 is 5.97 Å². The summed E-state index contributed by atoms with van der Waals surface area (Å²) in [7, 11) is 0. The Morgan fingerprint density at radius 3 is 2.77 bits per heavy atom. The summed E-state index contributed by atoms with van der Waals surface area (Å²) in [6.45, 7) is 1.23. The minimum Gasteiger partial charge on any atom is -0.481 e.